The molecule has 0 aliphatic heterocycles. The molecular weight excluding hydrogens is 203 g/mol. The molecule has 0 aromatic heterocycles. The van der Waals surface area contributed by atoms with Gasteiger partial charge in [0.15, 0.2) is 0 Å². The molecule has 0 unspecified atom stereocenters. The lowest BCUT2D eigenvalue weighted by Gasteiger charge is -2.25. The first kappa shape index (κ1) is 12.0. The SMILES string of the molecule is [CH2-][NH2+]C(C)(C)c1cccc(C(F)(F)F)c1. The maximum Gasteiger partial charge on any atom is 0.416 e. The van der Waals surface area contributed by atoms with Gasteiger partial charge in [0.1, 0.15) is 0 Å². The molecule has 2 N–H and O–H groups in total. The van der Waals surface area contributed by atoms with Crippen LogP contribution in [0.4, 0.5) is 13.2 Å². The molecule has 1 rings (SSSR count). The molecule has 4 heteroatoms. The Balaban J connectivity index is 3.14. The van der Waals surface area contributed by atoms with E-state index in [-0.39, 0.29) is 0 Å². The van der Waals surface area contributed by atoms with Gasteiger partial charge in [-0.2, -0.15) is 20.2 Å². The fourth-order valence-corrected chi connectivity index (χ4v) is 1.21. The monoisotopic (exact) mass is 217 g/mol. The third kappa shape index (κ3) is 2.72. The zero-order valence-electron chi connectivity index (χ0n) is 8.73. The zero-order chi connectivity index (χ0) is 11.7. The van der Waals surface area contributed by atoms with Gasteiger partial charge in [0.25, 0.3) is 0 Å². The molecule has 0 aliphatic rings. The predicted molar refractivity (Wildman–Crippen MR) is 51.8 cm³/mol. The van der Waals surface area contributed by atoms with E-state index < -0.39 is 17.3 Å². The van der Waals surface area contributed by atoms with Gasteiger partial charge in [0, 0.05) is 5.56 Å². The predicted octanol–water partition coefficient (Wildman–Crippen LogP) is 2.30. The van der Waals surface area contributed by atoms with Crippen LogP contribution in [0.25, 0.3) is 0 Å². The fourth-order valence-electron chi connectivity index (χ4n) is 1.21. The summed E-state index contributed by atoms with van der Waals surface area (Å²) in [5.74, 6) is 0. The van der Waals surface area contributed by atoms with Crippen molar-refractivity contribution < 1.29 is 18.5 Å². The first-order chi connectivity index (χ1) is 6.77. The minimum atomic E-state index is -4.28. The van der Waals surface area contributed by atoms with Crippen molar-refractivity contribution in [1.82, 2.24) is 0 Å². The van der Waals surface area contributed by atoms with Crippen LogP contribution in [-0.4, -0.2) is 0 Å². The summed E-state index contributed by atoms with van der Waals surface area (Å²) in [7, 11) is 3.62. The quantitative estimate of drug-likeness (QED) is 0.732. The molecule has 1 nitrogen and oxygen atoms in total. The van der Waals surface area contributed by atoms with Gasteiger partial charge in [0.2, 0.25) is 0 Å². The summed E-state index contributed by atoms with van der Waals surface area (Å²) in [6.45, 7) is 3.66. The van der Waals surface area contributed by atoms with Crippen LogP contribution >= 0.6 is 0 Å². The van der Waals surface area contributed by atoms with Crippen molar-refractivity contribution in [3.8, 4) is 0 Å². The van der Waals surface area contributed by atoms with Gasteiger partial charge in [-0.3, -0.25) is 0 Å². The van der Waals surface area contributed by atoms with Crippen LogP contribution in [0.2, 0.25) is 0 Å². The van der Waals surface area contributed by atoms with Crippen LogP contribution in [0.1, 0.15) is 25.0 Å². The van der Waals surface area contributed by atoms with Crippen molar-refractivity contribution in [1.29, 1.82) is 0 Å². The Morgan fingerprint density at radius 2 is 1.67 bits per heavy atom. The Morgan fingerprint density at radius 3 is 2.13 bits per heavy atom. The number of hydrogen-bond acceptors (Lipinski definition) is 0. The maximum absolute atomic E-state index is 12.4. The molecule has 0 amide bonds. The molecule has 0 heterocycles. The highest BCUT2D eigenvalue weighted by Gasteiger charge is 2.32. The van der Waals surface area contributed by atoms with Crippen molar-refractivity contribution in [2.75, 3.05) is 0 Å². The van der Waals surface area contributed by atoms with E-state index in [4.69, 9.17) is 0 Å². The van der Waals surface area contributed by atoms with Crippen molar-refractivity contribution in [2.45, 2.75) is 25.6 Å². The highest BCUT2D eigenvalue weighted by atomic mass is 19.4. The van der Waals surface area contributed by atoms with Crippen molar-refractivity contribution in [2.24, 2.45) is 0 Å². The van der Waals surface area contributed by atoms with E-state index in [1.54, 1.807) is 11.4 Å². The molecule has 0 saturated heterocycles. The summed E-state index contributed by atoms with van der Waals surface area (Å²) in [5, 5.41) is 1.64. The average Bonchev–Trinajstić information content (AvgIpc) is 2.17. The van der Waals surface area contributed by atoms with Gasteiger partial charge in [0.05, 0.1) is 11.1 Å². The van der Waals surface area contributed by atoms with Gasteiger partial charge in [-0.05, 0) is 26.0 Å². The normalized spacial score (nSPS) is 12.9. The van der Waals surface area contributed by atoms with Crippen LogP contribution in [-0.2, 0) is 11.7 Å². The molecule has 84 valence electrons. The molecular formula is C11H14F3N. The van der Waals surface area contributed by atoms with Crippen LogP contribution < -0.4 is 5.32 Å². The summed E-state index contributed by atoms with van der Waals surface area (Å²) in [6, 6.07) is 5.34. The van der Waals surface area contributed by atoms with Crippen molar-refractivity contribution in [3.05, 3.63) is 42.4 Å². The third-order valence-corrected chi connectivity index (χ3v) is 2.44. The molecule has 1 aromatic rings. The number of rotatable bonds is 2. The van der Waals surface area contributed by atoms with E-state index in [1.165, 1.54) is 12.1 Å². The third-order valence-electron chi connectivity index (χ3n) is 2.44. The number of nitrogens with two attached hydrogens (primary N) is 1. The first-order valence-electron chi connectivity index (χ1n) is 4.59. The lowest BCUT2D eigenvalue weighted by atomic mass is 9.93. The Kier molecular flexibility index (Phi) is 3.09. The van der Waals surface area contributed by atoms with E-state index >= 15 is 0 Å². The lowest BCUT2D eigenvalue weighted by Crippen LogP contribution is -2.87. The minimum Gasteiger partial charge on any atom is -0.471 e. The highest BCUT2D eigenvalue weighted by Crippen LogP contribution is 2.31. The number of benzene rings is 1. The molecule has 0 fully saturated rings. The van der Waals surface area contributed by atoms with E-state index in [9.17, 15) is 13.2 Å². The second kappa shape index (κ2) is 3.85. The number of alkyl halides is 3. The standard InChI is InChI=1S/C11H14F3N/c1-10(2,15-3)8-5-4-6-9(7-8)11(12,13)14/h4-7H,3,15H2,1-2H3. The van der Waals surface area contributed by atoms with E-state index in [0.29, 0.717) is 5.56 Å². The van der Waals surface area contributed by atoms with Gasteiger partial charge >= 0.3 is 6.18 Å². The van der Waals surface area contributed by atoms with Crippen LogP contribution in [0.3, 0.4) is 0 Å². The number of quaternary nitrogens is 1. The second-order valence-electron chi connectivity index (χ2n) is 4.00. The maximum atomic E-state index is 12.4. The molecule has 0 atom stereocenters. The zero-order valence-corrected chi connectivity index (χ0v) is 8.73. The Morgan fingerprint density at radius 1 is 1.13 bits per heavy atom. The fraction of sp³-hybridized carbons (Fsp3) is 0.364. The lowest BCUT2D eigenvalue weighted by molar-refractivity contribution is -0.677. The van der Waals surface area contributed by atoms with Crippen molar-refractivity contribution >= 4 is 0 Å². The molecule has 0 spiro atoms. The smallest absolute Gasteiger partial charge is 0.416 e. The summed E-state index contributed by atoms with van der Waals surface area (Å²) in [5.41, 5.74) is -0.441. The van der Waals surface area contributed by atoms with Gasteiger partial charge in [-0.25, -0.2) is 0 Å². The Hall–Kier alpha value is -1.03. The summed E-state index contributed by atoms with van der Waals surface area (Å²) in [6.07, 6.45) is -4.28. The number of halogens is 3. The molecule has 0 aliphatic carbocycles. The van der Waals surface area contributed by atoms with Gasteiger partial charge in [-0.15, -0.1) is 0 Å². The van der Waals surface area contributed by atoms with Crippen LogP contribution in [0.15, 0.2) is 24.3 Å². The topological polar surface area (TPSA) is 16.6 Å². The Labute approximate surface area is 87.3 Å². The minimum absolute atomic E-state index is 0.443. The van der Waals surface area contributed by atoms with Gasteiger partial charge in [-0.1, -0.05) is 12.1 Å². The Bertz CT molecular complexity index is 342. The average molecular weight is 217 g/mol. The van der Waals surface area contributed by atoms with Gasteiger partial charge < -0.3 is 5.32 Å². The van der Waals surface area contributed by atoms with Crippen molar-refractivity contribution in [3.63, 3.8) is 0 Å². The highest BCUT2D eigenvalue weighted by molar-refractivity contribution is 5.28. The summed E-state index contributed by atoms with van der Waals surface area (Å²) < 4.78 is 37.3. The second-order valence-corrected chi connectivity index (χ2v) is 4.00. The largest absolute Gasteiger partial charge is 0.471 e. The number of hydrogen-bond donors (Lipinski definition) is 1. The molecule has 1 aromatic carbocycles. The van der Waals surface area contributed by atoms with Crippen LogP contribution in [0.5, 0.6) is 0 Å². The molecule has 15 heavy (non-hydrogen) atoms. The first-order valence-corrected chi connectivity index (χ1v) is 4.59. The van der Waals surface area contributed by atoms with E-state index in [1.807, 2.05) is 13.8 Å². The summed E-state index contributed by atoms with van der Waals surface area (Å²) >= 11 is 0. The molecule has 0 saturated carbocycles. The van der Waals surface area contributed by atoms with Crippen LogP contribution in [0, 0.1) is 7.05 Å². The molecule has 0 bridgehead atoms. The van der Waals surface area contributed by atoms with E-state index in [0.717, 1.165) is 6.07 Å². The summed E-state index contributed by atoms with van der Waals surface area (Å²) in [4.78, 5) is 0. The van der Waals surface area contributed by atoms with E-state index in [2.05, 4.69) is 7.05 Å². The molecule has 0 radical (unpaired) electrons.